The lowest BCUT2D eigenvalue weighted by Crippen LogP contribution is -2.29. The van der Waals surface area contributed by atoms with Crippen LogP contribution in [0.15, 0.2) is 40.0 Å². The van der Waals surface area contributed by atoms with Crippen molar-refractivity contribution < 1.29 is 9.63 Å². The zero-order valence-corrected chi connectivity index (χ0v) is 15.8. The lowest BCUT2D eigenvalue weighted by atomic mass is 10.0. The first kappa shape index (κ1) is 19.4. The van der Waals surface area contributed by atoms with Crippen LogP contribution in [0, 0.1) is 5.92 Å². The molecule has 0 saturated heterocycles. The van der Waals surface area contributed by atoms with E-state index < -0.39 is 6.09 Å². The van der Waals surface area contributed by atoms with Gasteiger partial charge in [0.05, 0.1) is 5.71 Å². The van der Waals surface area contributed by atoms with Gasteiger partial charge in [-0.05, 0) is 56.4 Å². The van der Waals surface area contributed by atoms with Gasteiger partial charge in [0, 0.05) is 10.5 Å². The van der Waals surface area contributed by atoms with E-state index in [1.807, 2.05) is 50.3 Å². The number of nitrogens with zero attached hydrogens (tertiary/aromatic N) is 1. The van der Waals surface area contributed by atoms with Crippen LogP contribution in [0.1, 0.15) is 46.1 Å². The third kappa shape index (κ3) is 9.18. The van der Waals surface area contributed by atoms with Crippen LogP contribution >= 0.6 is 15.9 Å². The van der Waals surface area contributed by atoms with Crippen LogP contribution in [-0.2, 0) is 4.84 Å². The molecule has 1 rings (SSSR count). The number of hydrogen-bond acceptors (Lipinski definition) is 3. The Morgan fingerprint density at radius 2 is 1.91 bits per heavy atom. The topological polar surface area (TPSA) is 50.7 Å². The highest BCUT2D eigenvalue weighted by molar-refractivity contribution is 9.10. The molecule has 0 spiro atoms. The summed E-state index contributed by atoms with van der Waals surface area (Å²) in [5.74, 6) is 0.561. The van der Waals surface area contributed by atoms with Crippen LogP contribution in [0.4, 0.5) is 4.79 Å². The first-order chi connectivity index (χ1) is 10.9. The zero-order valence-electron chi connectivity index (χ0n) is 14.2. The number of carbonyl (C=O) groups is 1. The van der Waals surface area contributed by atoms with Crippen molar-refractivity contribution >= 4 is 33.8 Å². The molecule has 0 fully saturated rings. The van der Waals surface area contributed by atoms with Crippen LogP contribution in [0.2, 0.25) is 0 Å². The molecule has 1 aromatic carbocycles. The van der Waals surface area contributed by atoms with E-state index >= 15 is 0 Å². The van der Waals surface area contributed by atoms with Crippen LogP contribution in [-0.4, -0.2) is 17.8 Å². The highest BCUT2D eigenvalue weighted by atomic mass is 79.9. The van der Waals surface area contributed by atoms with Crippen molar-refractivity contribution in [1.29, 1.82) is 0 Å². The molecule has 0 aliphatic rings. The molecule has 0 heterocycles. The maximum atomic E-state index is 11.5. The standard InChI is InChI=1S/C18H25BrN2O2/c1-13(2)5-11-17(21-23-18(22)20-14(3)4)12-8-15-6-9-16(19)10-7-15/h6-10,12-14H,5,11H2,1-4H3,(H,20,22). The minimum absolute atomic E-state index is 0.0233. The second-order valence-corrected chi connectivity index (χ2v) is 6.99. The lowest BCUT2D eigenvalue weighted by molar-refractivity contribution is 0.148. The maximum absolute atomic E-state index is 11.5. The van der Waals surface area contributed by atoms with Gasteiger partial charge in [-0.25, -0.2) is 4.79 Å². The Labute approximate surface area is 147 Å². The molecule has 1 aromatic rings. The Bertz CT molecular complexity index is 549. The number of oxime groups is 1. The van der Waals surface area contributed by atoms with Crippen molar-refractivity contribution in [3.63, 3.8) is 0 Å². The Balaban J connectivity index is 2.74. The fourth-order valence-electron chi connectivity index (χ4n) is 1.72. The van der Waals surface area contributed by atoms with E-state index in [0.717, 1.165) is 28.6 Å². The Kier molecular flexibility index (Phi) is 8.62. The molecule has 0 aromatic heterocycles. The van der Waals surface area contributed by atoms with Crippen molar-refractivity contribution in [3.8, 4) is 0 Å². The van der Waals surface area contributed by atoms with Crippen LogP contribution in [0.3, 0.4) is 0 Å². The summed E-state index contributed by atoms with van der Waals surface area (Å²) in [6.45, 7) is 8.06. The summed E-state index contributed by atoms with van der Waals surface area (Å²) in [4.78, 5) is 16.5. The van der Waals surface area contributed by atoms with Crippen molar-refractivity contribution in [2.75, 3.05) is 0 Å². The van der Waals surface area contributed by atoms with Gasteiger partial charge in [-0.3, -0.25) is 4.84 Å². The minimum Gasteiger partial charge on any atom is -0.317 e. The van der Waals surface area contributed by atoms with Gasteiger partial charge in [0.15, 0.2) is 0 Å². The van der Waals surface area contributed by atoms with Gasteiger partial charge in [0.2, 0.25) is 0 Å². The summed E-state index contributed by atoms with van der Waals surface area (Å²) in [5, 5.41) is 6.64. The van der Waals surface area contributed by atoms with E-state index in [1.165, 1.54) is 0 Å². The molecule has 5 heteroatoms. The lowest BCUT2D eigenvalue weighted by Gasteiger charge is -2.07. The molecule has 1 N–H and O–H groups in total. The average Bonchev–Trinajstić information content (AvgIpc) is 2.47. The fourth-order valence-corrected chi connectivity index (χ4v) is 1.99. The van der Waals surface area contributed by atoms with E-state index in [2.05, 4.69) is 40.2 Å². The molecule has 0 atom stereocenters. The first-order valence-corrected chi connectivity index (χ1v) is 8.64. The van der Waals surface area contributed by atoms with Crippen molar-refractivity contribution in [2.45, 2.75) is 46.6 Å². The van der Waals surface area contributed by atoms with Gasteiger partial charge in [0.25, 0.3) is 0 Å². The Morgan fingerprint density at radius 3 is 2.48 bits per heavy atom. The van der Waals surface area contributed by atoms with Crippen molar-refractivity contribution in [3.05, 3.63) is 40.4 Å². The molecule has 0 aliphatic carbocycles. The summed E-state index contributed by atoms with van der Waals surface area (Å²) in [6, 6.07) is 8.00. The summed E-state index contributed by atoms with van der Waals surface area (Å²) in [7, 11) is 0. The summed E-state index contributed by atoms with van der Waals surface area (Å²) < 4.78 is 1.04. The number of amides is 1. The quantitative estimate of drug-likeness (QED) is 0.391. The molecule has 0 radical (unpaired) electrons. The molecule has 4 nitrogen and oxygen atoms in total. The van der Waals surface area contributed by atoms with Gasteiger partial charge < -0.3 is 5.32 Å². The highest BCUT2D eigenvalue weighted by Gasteiger charge is 2.05. The highest BCUT2D eigenvalue weighted by Crippen LogP contribution is 2.12. The number of allylic oxidation sites excluding steroid dienone is 1. The molecule has 0 bridgehead atoms. The van der Waals surface area contributed by atoms with Gasteiger partial charge in [-0.1, -0.05) is 53.1 Å². The molecular weight excluding hydrogens is 356 g/mol. The number of halogens is 1. The van der Waals surface area contributed by atoms with Gasteiger partial charge >= 0.3 is 6.09 Å². The van der Waals surface area contributed by atoms with Gasteiger partial charge in [-0.15, -0.1) is 0 Å². The Hall–Kier alpha value is -1.62. The normalized spacial score (nSPS) is 12.2. The average molecular weight is 381 g/mol. The van der Waals surface area contributed by atoms with E-state index in [4.69, 9.17) is 4.84 Å². The largest absolute Gasteiger partial charge is 0.433 e. The second kappa shape index (κ2) is 10.2. The smallest absolute Gasteiger partial charge is 0.317 e. The van der Waals surface area contributed by atoms with Crippen LogP contribution in [0.25, 0.3) is 6.08 Å². The predicted octanol–water partition coefficient (Wildman–Crippen LogP) is 5.39. The van der Waals surface area contributed by atoms with Crippen LogP contribution in [0.5, 0.6) is 0 Å². The summed E-state index contributed by atoms with van der Waals surface area (Å²) >= 11 is 3.41. The molecular formula is C18H25BrN2O2. The SMILES string of the molecule is CC(C)CCC(C=Cc1ccc(Br)cc1)=NOC(=O)NC(C)C. The molecule has 0 unspecified atom stereocenters. The Morgan fingerprint density at radius 1 is 1.26 bits per heavy atom. The number of hydrogen-bond donors (Lipinski definition) is 1. The van der Waals surface area contributed by atoms with E-state index in [1.54, 1.807) is 0 Å². The fraction of sp³-hybridized carbons (Fsp3) is 0.444. The first-order valence-electron chi connectivity index (χ1n) is 7.85. The monoisotopic (exact) mass is 380 g/mol. The minimum atomic E-state index is -0.529. The number of carbonyl (C=O) groups excluding carboxylic acids is 1. The van der Waals surface area contributed by atoms with Crippen molar-refractivity contribution in [1.82, 2.24) is 5.32 Å². The number of rotatable bonds is 7. The molecule has 126 valence electrons. The number of benzene rings is 1. The summed E-state index contributed by atoms with van der Waals surface area (Å²) in [6.07, 6.45) is 5.08. The predicted molar refractivity (Wildman–Crippen MR) is 99.4 cm³/mol. The number of nitrogens with one attached hydrogen (secondary N) is 1. The second-order valence-electron chi connectivity index (χ2n) is 6.08. The van der Waals surface area contributed by atoms with Crippen LogP contribution < -0.4 is 5.32 Å². The van der Waals surface area contributed by atoms with Crippen molar-refractivity contribution in [2.24, 2.45) is 11.1 Å². The molecule has 1 amide bonds. The van der Waals surface area contributed by atoms with E-state index in [0.29, 0.717) is 5.92 Å². The van der Waals surface area contributed by atoms with E-state index in [-0.39, 0.29) is 6.04 Å². The van der Waals surface area contributed by atoms with Gasteiger partial charge in [-0.2, -0.15) is 0 Å². The molecule has 0 aliphatic heterocycles. The van der Waals surface area contributed by atoms with Gasteiger partial charge in [0.1, 0.15) is 0 Å². The third-order valence-electron chi connectivity index (χ3n) is 2.97. The summed E-state index contributed by atoms with van der Waals surface area (Å²) in [5.41, 5.74) is 1.82. The zero-order chi connectivity index (χ0) is 17.2. The molecule has 23 heavy (non-hydrogen) atoms. The molecule has 0 saturated carbocycles. The van der Waals surface area contributed by atoms with E-state index in [9.17, 15) is 4.79 Å². The maximum Gasteiger partial charge on any atom is 0.433 e. The third-order valence-corrected chi connectivity index (χ3v) is 3.50.